The van der Waals surface area contributed by atoms with Gasteiger partial charge < -0.3 is 9.47 Å². The van der Waals surface area contributed by atoms with Crippen molar-refractivity contribution in [3.63, 3.8) is 0 Å². The number of rotatable bonds is 6. The lowest BCUT2D eigenvalue weighted by atomic mass is 10.1. The minimum atomic E-state index is -0.622. The van der Waals surface area contributed by atoms with Crippen LogP contribution < -0.4 is 4.74 Å². The first kappa shape index (κ1) is 25.4. The van der Waals surface area contributed by atoms with Crippen LogP contribution in [0.1, 0.15) is 22.3 Å². The topological polar surface area (TPSA) is 91.0 Å². The van der Waals surface area contributed by atoms with Crippen LogP contribution in [0.3, 0.4) is 0 Å². The maximum Gasteiger partial charge on any atom is 0.363 e. The number of nitro groups is 1. The molecule has 35 heavy (non-hydrogen) atoms. The summed E-state index contributed by atoms with van der Waals surface area (Å²) in [5.74, 6) is 0.0277. The van der Waals surface area contributed by atoms with Crippen LogP contribution in [-0.2, 0) is 16.1 Å². The summed E-state index contributed by atoms with van der Waals surface area (Å²) in [6, 6.07) is 13.2. The van der Waals surface area contributed by atoms with Gasteiger partial charge in [0.15, 0.2) is 5.70 Å². The number of aliphatic imine (C=N–C) groups is 1. The summed E-state index contributed by atoms with van der Waals surface area (Å²) in [4.78, 5) is 27.2. The van der Waals surface area contributed by atoms with Crippen LogP contribution in [0.5, 0.6) is 5.75 Å². The van der Waals surface area contributed by atoms with E-state index in [4.69, 9.17) is 32.7 Å². The Hall–Kier alpha value is -2.72. The molecule has 0 unspecified atom stereocenters. The van der Waals surface area contributed by atoms with E-state index in [-0.39, 0.29) is 23.9 Å². The molecule has 0 aromatic heterocycles. The molecule has 3 aromatic rings. The van der Waals surface area contributed by atoms with Gasteiger partial charge in [0.05, 0.1) is 23.9 Å². The second kappa shape index (κ2) is 10.5. The van der Waals surface area contributed by atoms with Crippen molar-refractivity contribution in [3.8, 4) is 5.75 Å². The highest BCUT2D eigenvalue weighted by Crippen LogP contribution is 2.36. The predicted octanol–water partition coefficient (Wildman–Crippen LogP) is 7.66. The minimum absolute atomic E-state index is 0.0226. The number of nitro benzene ring substituents is 1. The van der Waals surface area contributed by atoms with Crippen molar-refractivity contribution in [2.75, 3.05) is 0 Å². The molecule has 0 bridgehead atoms. The van der Waals surface area contributed by atoms with Gasteiger partial charge in [-0.05, 0) is 92.4 Å². The van der Waals surface area contributed by atoms with Gasteiger partial charge in [0.25, 0.3) is 5.69 Å². The van der Waals surface area contributed by atoms with E-state index in [2.05, 4.69) is 36.9 Å². The number of carbonyl (C=O) groups excluding carboxylic acids is 1. The molecule has 0 amide bonds. The summed E-state index contributed by atoms with van der Waals surface area (Å²) in [7, 11) is 0. The van der Waals surface area contributed by atoms with Crippen molar-refractivity contribution in [1.82, 2.24) is 0 Å². The third-order valence-corrected chi connectivity index (χ3v) is 6.87. The Morgan fingerprint density at radius 1 is 1.09 bits per heavy atom. The number of esters is 1. The number of aryl methyl sites for hydroxylation is 1. The zero-order valence-electron chi connectivity index (χ0n) is 17.9. The van der Waals surface area contributed by atoms with Crippen molar-refractivity contribution in [3.05, 3.63) is 106 Å². The monoisotopic (exact) mass is 638 g/mol. The fraction of sp³-hybridized carbons (Fsp3) is 0.0833. The maximum absolute atomic E-state index is 12.4. The highest BCUT2D eigenvalue weighted by Gasteiger charge is 2.25. The van der Waals surface area contributed by atoms with E-state index in [0.717, 1.165) is 5.56 Å². The first-order valence-electron chi connectivity index (χ1n) is 9.96. The number of hydrogen-bond acceptors (Lipinski definition) is 6. The van der Waals surface area contributed by atoms with Crippen LogP contribution >= 0.6 is 55.1 Å². The van der Waals surface area contributed by atoms with Gasteiger partial charge in [-0.15, -0.1) is 0 Å². The highest BCUT2D eigenvalue weighted by molar-refractivity contribution is 9.11. The lowest BCUT2D eigenvalue weighted by Gasteiger charge is -2.12. The molecule has 4 rings (SSSR count). The molecule has 0 radical (unpaired) electrons. The number of benzene rings is 3. The first-order valence-corrected chi connectivity index (χ1v) is 12.3. The molecule has 0 fully saturated rings. The quantitative estimate of drug-likeness (QED) is 0.119. The minimum Gasteiger partial charge on any atom is -0.487 e. The summed E-state index contributed by atoms with van der Waals surface area (Å²) < 4.78 is 12.5. The van der Waals surface area contributed by atoms with Gasteiger partial charge in [-0.25, -0.2) is 9.79 Å². The number of halogens is 4. The molecule has 0 aliphatic carbocycles. The molecule has 1 aliphatic heterocycles. The highest BCUT2D eigenvalue weighted by atomic mass is 79.9. The molecule has 0 atom stereocenters. The summed E-state index contributed by atoms with van der Waals surface area (Å²) in [5, 5.41) is 11.9. The number of cyclic esters (lactones) is 1. The van der Waals surface area contributed by atoms with E-state index in [1.54, 1.807) is 43.3 Å². The average Bonchev–Trinajstić information content (AvgIpc) is 3.15. The first-order chi connectivity index (χ1) is 16.6. The third-order valence-electron chi connectivity index (χ3n) is 4.95. The lowest BCUT2D eigenvalue weighted by Crippen LogP contribution is -2.06. The van der Waals surface area contributed by atoms with E-state index in [9.17, 15) is 14.9 Å². The van der Waals surface area contributed by atoms with Crippen LogP contribution in [0.4, 0.5) is 5.69 Å². The maximum atomic E-state index is 12.4. The molecule has 1 heterocycles. The molecule has 3 aromatic carbocycles. The predicted molar refractivity (Wildman–Crippen MR) is 141 cm³/mol. The Morgan fingerprint density at radius 3 is 2.43 bits per heavy atom. The van der Waals surface area contributed by atoms with Gasteiger partial charge in [0.2, 0.25) is 5.90 Å². The van der Waals surface area contributed by atoms with Crippen LogP contribution in [0.15, 0.2) is 68.2 Å². The lowest BCUT2D eigenvalue weighted by molar-refractivity contribution is -0.385. The van der Waals surface area contributed by atoms with Gasteiger partial charge in [0.1, 0.15) is 12.4 Å². The van der Waals surface area contributed by atoms with E-state index in [0.29, 0.717) is 41.4 Å². The Bertz CT molecular complexity index is 1420. The second-order valence-corrected chi connectivity index (χ2v) is 9.97. The molecule has 0 spiro atoms. The summed E-state index contributed by atoms with van der Waals surface area (Å²) in [6.45, 7) is 1.87. The van der Waals surface area contributed by atoms with E-state index >= 15 is 0 Å². The normalized spacial score (nSPS) is 14.1. The van der Waals surface area contributed by atoms with Gasteiger partial charge in [-0.1, -0.05) is 29.3 Å². The molecule has 0 saturated heterocycles. The molecule has 0 saturated carbocycles. The Kier molecular flexibility index (Phi) is 7.61. The van der Waals surface area contributed by atoms with Gasteiger partial charge in [0, 0.05) is 17.2 Å². The van der Waals surface area contributed by atoms with Crippen molar-refractivity contribution in [2.45, 2.75) is 13.5 Å². The Morgan fingerprint density at radius 2 is 1.80 bits per heavy atom. The largest absolute Gasteiger partial charge is 0.487 e. The number of ether oxygens (including phenoxy) is 2. The molecule has 178 valence electrons. The van der Waals surface area contributed by atoms with Gasteiger partial charge in [-0.3, -0.25) is 10.1 Å². The van der Waals surface area contributed by atoms with Crippen molar-refractivity contribution < 1.29 is 19.2 Å². The van der Waals surface area contributed by atoms with Crippen LogP contribution in [0, 0.1) is 17.0 Å². The van der Waals surface area contributed by atoms with E-state index in [1.807, 2.05) is 6.07 Å². The number of carbonyl (C=O) groups is 1. The molecule has 7 nitrogen and oxygen atoms in total. The van der Waals surface area contributed by atoms with Crippen LogP contribution in [-0.4, -0.2) is 16.8 Å². The van der Waals surface area contributed by atoms with E-state index in [1.165, 1.54) is 12.1 Å². The van der Waals surface area contributed by atoms with Crippen molar-refractivity contribution in [1.29, 1.82) is 0 Å². The zero-order valence-corrected chi connectivity index (χ0v) is 22.5. The standard InChI is InChI=1S/C24H14Br2Cl2N2O5/c1-12-6-15(3-5-21(12)30(32)33)23-29-20(24(31)35-23)10-14-7-16(25)22(17(26)8-14)34-11-13-2-4-18(27)19(28)9-13/h2-10H,11H2,1H3/b20-10-. The van der Waals surface area contributed by atoms with Crippen LogP contribution in [0.25, 0.3) is 6.08 Å². The summed E-state index contributed by atoms with van der Waals surface area (Å²) in [5.41, 5.74) is 2.50. The fourth-order valence-electron chi connectivity index (χ4n) is 3.27. The van der Waals surface area contributed by atoms with Crippen molar-refractivity contribution in [2.24, 2.45) is 4.99 Å². The van der Waals surface area contributed by atoms with E-state index < -0.39 is 10.9 Å². The summed E-state index contributed by atoms with van der Waals surface area (Å²) in [6.07, 6.45) is 1.58. The third kappa shape index (κ3) is 5.75. The van der Waals surface area contributed by atoms with Gasteiger partial charge in [-0.2, -0.15) is 0 Å². The summed E-state index contributed by atoms with van der Waals surface area (Å²) >= 11 is 19.0. The molecular weight excluding hydrogens is 627 g/mol. The number of nitrogens with zero attached hydrogens (tertiary/aromatic N) is 2. The Labute approximate surface area is 226 Å². The Balaban J connectivity index is 1.55. The van der Waals surface area contributed by atoms with Crippen molar-refractivity contribution >= 4 is 78.7 Å². The average molecular weight is 641 g/mol. The fourth-order valence-corrected chi connectivity index (χ4v) is 5.04. The molecular formula is C24H14Br2Cl2N2O5. The van der Waals surface area contributed by atoms with Gasteiger partial charge >= 0.3 is 5.97 Å². The SMILES string of the molecule is Cc1cc(C2=N/C(=C\c3cc(Br)c(OCc4ccc(Cl)c(Cl)c4)c(Br)c3)C(=O)O2)ccc1[N+](=O)[O-]. The zero-order chi connectivity index (χ0) is 25.3. The second-order valence-electron chi connectivity index (χ2n) is 7.45. The smallest absolute Gasteiger partial charge is 0.363 e. The van der Waals surface area contributed by atoms with Crippen LogP contribution in [0.2, 0.25) is 10.0 Å². The molecule has 11 heteroatoms. The molecule has 0 N–H and O–H groups in total. The molecule has 1 aliphatic rings. The number of hydrogen-bond donors (Lipinski definition) is 0.